The Morgan fingerprint density at radius 1 is 0.917 bits per heavy atom. The summed E-state index contributed by atoms with van der Waals surface area (Å²) >= 11 is 0. The van der Waals surface area contributed by atoms with Crippen molar-refractivity contribution in [2.24, 2.45) is 40.9 Å². The van der Waals surface area contributed by atoms with Gasteiger partial charge in [-0.15, -0.1) is 6.42 Å². The molecule has 0 amide bonds. The first-order valence-electron chi connectivity index (χ1n) is 8.23. The average Bonchev–Trinajstić information content (AvgIpc) is 3.14. The van der Waals surface area contributed by atoms with Gasteiger partial charge in [-0.2, -0.15) is 13.2 Å². The van der Waals surface area contributed by atoms with Crippen LogP contribution in [0.5, 0.6) is 0 Å². The summed E-state index contributed by atoms with van der Waals surface area (Å²) in [6.07, 6.45) is -9.99. The van der Waals surface area contributed by atoms with Crippen LogP contribution in [0.1, 0.15) is 38.5 Å². The normalized spacial score (nSPS) is 46.5. The minimum Gasteiger partial charge on any atom is -0.554 e. The number of hydrogen-bond acceptors (Lipinski definition) is 1. The molecule has 134 valence electrons. The van der Waals surface area contributed by atoms with E-state index in [4.69, 9.17) is 0 Å². The van der Waals surface area contributed by atoms with Crippen LogP contribution in [0.4, 0.5) is 26.3 Å². The Labute approximate surface area is 130 Å². The van der Waals surface area contributed by atoms with E-state index in [0.717, 1.165) is 19.3 Å². The van der Waals surface area contributed by atoms with Crippen LogP contribution in [-0.2, 0) is 0 Å². The monoisotopic (exact) mass is 608 g/mol. The molecule has 4 saturated carbocycles. The Morgan fingerprint density at radius 2 is 1.50 bits per heavy atom. The summed E-state index contributed by atoms with van der Waals surface area (Å²) in [7, 11) is 0. The van der Waals surface area contributed by atoms with Crippen LogP contribution < -0.4 is 0 Å². The second kappa shape index (κ2) is 4.79. The molecule has 0 heterocycles. The van der Waals surface area contributed by atoms with Crippen LogP contribution in [0.15, 0.2) is 0 Å². The van der Waals surface area contributed by atoms with Crippen molar-refractivity contribution in [3.05, 3.63) is 6.10 Å². The predicted octanol–water partition coefficient (Wildman–Crippen LogP) is 5.09. The van der Waals surface area contributed by atoms with E-state index in [9.17, 15) is 31.4 Å². The summed E-state index contributed by atoms with van der Waals surface area (Å²) in [6.45, 7) is 0. The third kappa shape index (κ3) is 2.01. The smallest absolute Gasteiger partial charge is 0.392 e. The molecule has 24 heavy (non-hydrogen) atoms. The van der Waals surface area contributed by atoms with Gasteiger partial charge in [0.1, 0.15) is 0 Å². The van der Waals surface area contributed by atoms with Gasteiger partial charge in [0.25, 0.3) is 6.18 Å². The van der Waals surface area contributed by atoms with Crippen molar-refractivity contribution in [3.63, 3.8) is 0 Å². The van der Waals surface area contributed by atoms with Crippen LogP contribution in [0.3, 0.4) is 0 Å². The predicted molar refractivity (Wildman–Crippen MR) is 68.4 cm³/mol. The summed E-state index contributed by atoms with van der Waals surface area (Å²) in [5.74, 6) is 0.0409. The first-order chi connectivity index (χ1) is 10.5. The van der Waals surface area contributed by atoms with Crippen LogP contribution >= 0.6 is 0 Å². The molecule has 7 unspecified atom stereocenters. The van der Waals surface area contributed by atoms with Crippen molar-refractivity contribution in [3.8, 4) is 0 Å². The van der Waals surface area contributed by atoms with Crippen LogP contribution in [0.2, 0.25) is 0 Å². The van der Waals surface area contributed by atoms with Gasteiger partial charge in [-0.05, 0) is 67.6 Å². The van der Waals surface area contributed by atoms with E-state index in [-0.39, 0.29) is 30.1 Å². The molecule has 0 aliphatic heterocycles. The molecule has 0 aromatic carbocycles. The standard InChI is InChI=1S/C16H19F6O.Rf/c17-15(18,19)11(23)6-14(16(20,21)22)5-9-4-10(14)13-8-2-1-7(3-8)12(9)13;/h7-10,12-13,23H,1-6H2;/q-1;. The van der Waals surface area contributed by atoms with Gasteiger partial charge in [-0.25, -0.2) is 13.2 Å². The Bertz CT molecular complexity index is 506. The van der Waals surface area contributed by atoms with Crippen molar-refractivity contribution < 1.29 is 31.4 Å². The second-order valence-electron chi connectivity index (χ2n) is 8.07. The van der Waals surface area contributed by atoms with E-state index in [1.807, 2.05) is 0 Å². The van der Waals surface area contributed by atoms with E-state index in [2.05, 4.69) is 0 Å². The van der Waals surface area contributed by atoms with Crippen molar-refractivity contribution in [2.75, 3.05) is 0 Å². The van der Waals surface area contributed by atoms with E-state index in [0.29, 0.717) is 12.3 Å². The van der Waals surface area contributed by atoms with E-state index in [1.54, 1.807) is 0 Å². The van der Waals surface area contributed by atoms with Gasteiger partial charge in [0.05, 0.1) is 0 Å². The molecule has 4 rings (SSSR count). The zero-order valence-electron chi connectivity index (χ0n) is 13.1. The molecule has 8 heteroatoms. The molecular formula is C16H19F6ORf-. The number of halogens is 6. The molecule has 1 N–H and O–H groups in total. The van der Waals surface area contributed by atoms with Crippen molar-refractivity contribution in [2.45, 2.75) is 50.9 Å². The second-order valence-corrected chi connectivity index (χ2v) is 8.07. The quantitative estimate of drug-likeness (QED) is 0.263. The Hall–Kier alpha value is -1.46. The Morgan fingerprint density at radius 3 is 2.04 bits per heavy atom. The average molecular weight is 608 g/mol. The molecule has 0 radical (unpaired) electrons. The van der Waals surface area contributed by atoms with Gasteiger partial charge in [0.2, 0.25) is 0 Å². The van der Waals surface area contributed by atoms with E-state index >= 15 is 0 Å². The zero-order chi connectivity index (χ0) is 16.8. The van der Waals surface area contributed by atoms with Gasteiger partial charge in [-0.3, -0.25) is 0 Å². The van der Waals surface area contributed by atoms with E-state index in [1.165, 1.54) is 0 Å². The fourth-order valence-corrected chi connectivity index (χ4v) is 6.78. The number of alkyl halides is 6. The van der Waals surface area contributed by atoms with Crippen LogP contribution in [0, 0.1) is 47.0 Å². The molecule has 0 spiro atoms. The summed E-state index contributed by atoms with van der Waals surface area (Å²) in [6, 6.07) is 0. The first-order valence-corrected chi connectivity index (χ1v) is 8.23. The number of rotatable bonds is 2. The molecular weight excluding hydrogens is 589 g/mol. The molecule has 0 aromatic rings. The topological polar surface area (TPSA) is 20.2 Å². The van der Waals surface area contributed by atoms with Gasteiger partial charge < -0.3 is 5.11 Å². The fourth-order valence-electron chi connectivity index (χ4n) is 6.78. The minimum atomic E-state index is -5.08. The van der Waals surface area contributed by atoms with Crippen molar-refractivity contribution in [1.82, 2.24) is 0 Å². The summed E-state index contributed by atoms with van der Waals surface area (Å²) in [5, 5.41) is 9.27. The van der Waals surface area contributed by atoms with Gasteiger partial charge >= 0.3 is 6.18 Å². The maximum atomic E-state index is 13.8. The molecule has 4 fully saturated rings. The SMILES string of the molecule is O[C-](CC1(C(F)(F)F)CC2CC1C1C3CCC(C3)C21)C(F)(F)F.[Rf]. The zero-order valence-corrected chi connectivity index (χ0v) is 19.5. The van der Waals surface area contributed by atoms with Crippen molar-refractivity contribution >= 4 is 0 Å². The van der Waals surface area contributed by atoms with E-state index < -0.39 is 36.2 Å². The molecule has 1 nitrogen and oxygen atoms in total. The fraction of sp³-hybridized carbons (Fsp3) is 0.938. The van der Waals surface area contributed by atoms with Gasteiger partial charge in [-0.1, -0.05) is 6.10 Å². The van der Waals surface area contributed by atoms with Gasteiger partial charge in [0.15, 0.2) is 0 Å². The summed E-state index contributed by atoms with van der Waals surface area (Å²) < 4.78 is 79.5. The van der Waals surface area contributed by atoms with Crippen LogP contribution in [0.25, 0.3) is 0 Å². The number of aliphatic hydroxyl groups excluding tert-OH is 1. The summed E-state index contributed by atoms with van der Waals surface area (Å²) in [5.41, 5.74) is -2.39. The molecule has 4 aliphatic carbocycles. The first kappa shape index (κ1) is 17.4. The molecule has 7 atom stereocenters. The maximum Gasteiger partial charge on any atom is 0.392 e. The number of aliphatic hydroxyl groups is 1. The minimum absolute atomic E-state index is 0. The van der Waals surface area contributed by atoms with Crippen molar-refractivity contribution in [1.29, 1.82) is 0 Å². The Balaban J connectivity index is 0.00000169. The number of hydrogen-bond donors (Lipinski definition) is 1. The molecule has 0 aromatic heterocycles. The third-order valence-electron chi connectivity index (χ3n) is 7.32. The van der Waals surface area contributed by atoms with Crippen LogP contribution in [-0.4, -0.2) is 17.5 Å². The molecule has 0 saturated heterocycles. The molecule has 4 bridgehead atoms. The maximum absolute atomic E-state index is 13.8. The molecule has 4 aliphatic rings. The Kier molecular flexibility index (Phi) is 3.47. The largest absolute Gasteiger partial charge is 0.554 e. The summed E-state index contributed by atoms with van der Waals surface area (Å²) in [4.78, 5) is 0. The third-order valence-corrected chi connectivity index (χ3v) is 7.32. The van der Waals surface area contributed by atoms with Gasteiger partial charge in [0, 0.05) is 5.41 Å². The number of fused-ring (bicyclic) bond motifs is 9.